The zero-order chi connectivity index (χ0) is 18.6. The first-order valence-corrected chi connectivity index (χ1v) is 9.47. The topological polar surface area (TPSA) is 41.5 Å². The Morgan fingerprint density at radius 1 is 0.852 bits per heavy atom. The third-order valence-corrected chi connectivity index (χ3v) is 5.22. The van der Waals surface area contributed by atoms with Crippen LogP contribution < -0.4 is 5.43 Å². The summed E-state index contributed by atoms with van der Waals surface area (Å²) in [6.45, 7) is 0. The van der Waals surface area contributed by atoms with E-state index in [0.717, 1.165) is 37.1 Å². The van der Waals surface area contributed by atoms with Gasteiger partial charge < -0.3 is 0 Å². The number of hydrazone groups is 1. The van der Waals surface area contributed by atoms with Crippen LogP contribution in [0.4, 0.5) is 0 Å². The van der Waals surface area contributed by atoms with Crippen LogP contribution in [-0.2, 0) is 11.2 Å². The average Bonchev–Trinajstić information content (AvgIpc) is 2.70. The first kappa shape index (κ1) is 17.4. The number of fused-ring (bicyclic) bond motifs is 2. The van der Waals surface area contributed by atoms with Gasteiger partial charge in [0.2, 0.25) is 5.91 Å². The molecule has 3 nitrogen and oxygen atoms in total. The van der Waals surface area contributed by atoms with E-state index in [1.54, 1.807) is 6.21 Å². The van der Waals surface area contributed by atoms with Gasteiger partial charge in [-0.2, -0.15) is 5.10 Å². The van der Waals surface area contributed by atoms with Gasteiger partial charge in [-0.15, -0.1) is 0 Å². The molecule has 132 valence electrons. The summed E-state index contributed by atoms with van der Waals surface area (Å²) in [6, 6.07) is 26.1. The van der Waals surface area contributed by atoms with Crippen molar-refractivity contribution in [3.05, 3.63) is 94.5 Å². The largest absolute Gasteiger partial charge is 0.273 e. The minimum Gasteiger partial charge on any atom is -0.273 e. The standard InChI is InChI=1S/C23H17BrN2O/c24-22-13-12-17(20-10-3-4-11-21(20)22)14-23(27)26-25-15-18-8-5-7-16-6-1-2-9-19(16)18/h1-13,15H,14H2,(H,26,27). The van der Waals surface area contributed by atoms with Gasteiger partial charge in [0.05, 0.1) is 12.6 Å². The Morgan fingerprint density at radius 3 is 2.41 bits per heavy atom. The van der Waals surface area contributed by atoms with E-state index in [4.69, 9.17) is 0 Å². The monoisotopic (exact) mass is 416 g/mol. The van der Waals surface area contributed by atoms with Gasteiger partial charge in [0.25, 0.3) is 0 Å². The molecule has 0 saturated carbocycles. The molecule has 0 aliphatic carbocycles. The SMILES string of the molecule is O=C(Cc1ccc(Br)c2ccccc12)NN=Cc1cccc2ccccc12. The van der Waals surface area contributed by atoms with Crippen molar-refractivity contribution < 1.29 is 4.79 Å². The number of rotatable bonds is 4. The van der Waals surface area contributed by atoms with Gasteiger partial charge in [0.1, 0.15) is 0 Å². The smallest absolute Gasteiger partial charge is 0.244 e. The van der Waals surface area contributed by atoms with E-state index < -0.39 is 0 Å². The lowest BCUT2D eigenvalue weighted by Gasteiger charge is -2.07. The molecule has 4 rings (SSSR count). The van der Waals surface area contributed by atoms with Crippen LogP contribution in [0.5, 0.6) is 0 Å². The Balaban J connectivity index is 1.50. The predicted molar refractivity (Wildman–Crippen MR) is 115 cm³/mol. The van der Waals surface area contributed by atoms with Crippen molar-refractivity contribution in [1.82, 2.24) is 5.43 Å². The van der Waals surface area contributed by atoms with Crippen LogP contribution in [0.2, 0.25) is 0 Å². The van der Waals surface area contributed by atoms with Gasteiger partial charge in [-0.3, -0.25) is 4.79 Å². The molecule has 1 N–H and O–H groups in total. The summed E-state index contributed by atoms with van der Waals surface area (Å²) in [5, 5.41) is 8.58. The van der Waals surface area contributed by atoms with E-state index >= 15 is 0 Å². The van der Waals surface area contributed by atoms with Gasteiger partial charge in [0, 0.05) is 10.0 Å². The molecule has 0 radical (unpaired) electrons. The Labute approximate surface area is 165 Å². The molecule has 0 saturated heterocycles. The lowest BCUT2D eigenvalue weighted by Crippen LogP contribution is -2.19. The number of hydrogen-bond acceptors (Lipinski definition) is 2. The maximum absolute atomic E-state index is 12.4. The molecule has 1 amide bonds. The highest BCUT2D eigenvalue weighted by molar-refractivity contribution is 9.10. The molecule has 0 unspecified atom stereocenters. The van der Waals surface area contributed by atoms with Gasteiger partial charge in [-0.1, -0.05) is 88.7 Å². The highest BCUT2D eigenvalue weighted by Gasteiger charge is 2.08. The van der Waals surface area contributed by atoms with Crippen molar-refractivity contribution in [2.24, 2.45) is 5.10 Å². The number of nitrogens with zero attached hydrogens (tertiary/aromatic N) is 1. The highest BCUT2D eigenvalue weighted by Crippen LogP contribution is 2.27. The minimum atomic E-state index is -0.140. The maximum atomic E-state index is 12.4. The van der Waals surface area contributed by atoms with E-state index in [1.165, 1.54) is 0 Å². The number of benzene rings is 4. The molecule has 0 aliphatic rings. The first-order valence-electron chi connectivity index (χ1n) is 8.68. The summed E-state index contributed by atoms with van der Waals surface area (Å²) in [5.41, 5.74) is 4.60. The van der Waals surface area contributed by atoms with Crippen molar-refractivity contribution in [2.45, 2.75) is 6.42 Å². The predicted octanol–water partition coefficient (Wildman–Crippen LogP) is 5.45. The van der Waals surface area contributed by atoms with E-state index in [2.05, 4.69) is 38.6 Å². The van der Waals surface area contributed by atoms with E-state index in [9.17, 15) is 4.79 Å². The Bertz CT molecular complexity index is 1160. The molecule has 0 aliphatic heterocycles. The fraction of sp³-hybridized carbons (Fsp3) is 0.0435. The number of halogens is 1. The van der Waals surface area contributed by atoms with Crippen LogP contribution in [-0.4, -0.2) is 12.1 Å². The van der Waals surface area contributed by atoms with Crippen molar-refractivity contribution >= 4 is 49.6 Å². The minimum absolute atomic E-state index is 0.140. The summed E-state index contributed by atoms with van der Waals surface area (Å²) in [5.74, 6) is -0.140. The molecule has 0 spiro atoms. The molecular formula is C23H17BrN2O. The third-order valence-electron chi connectivity index (χ3n) is 4.53. The van der Waals surface area contributed by atoms with Crippen molar-refractivity contribution in [1.29, 1.82) is 0 Å². The molecule has 0 atom stereocenters. The maximum Gasteiger partial charge on any atom is 0.244 e. The zero-order valence-electron chi connectivity index (χ0n) is 14.5. The van der Waals surface area contributed by atoms with Crippen LogP contribution in [0, 0.1) is 0 Å². The number of carbonyl (C=O) groups excluding carboxylic acids is 1. The second-order valence-corrected chi connectivity index (χ2v) is 7.14. The summed E-state index contributed by atoms with van der Waals surface area (Å²) in [7, 11) is 0. The first-order chi connectivity index (χ1) is 13.2. The molecule has 27 heavy (non-hydrogen) atoms. The number of amides is 1. The highest BCUT2D eigenvalue weighted by atomic mass is 79.9. The fourth-order valence-electron chi connectivity index (χ4n) is 3.23. The molecule has 4 aromatic rings. The van der Waals surface area contributed by atoms with E-state index in [0.29, 0.717) is 0 Å². The van der Waals surface area contributed by atoms with Crippen LogP contribution >= 0.6 is 15.9 Å². The van der Waals surface area contributed by atoms with Crippen molar-refractivity contribution in [3.63, 3.8) is 0 Å². The molecule has 0 heterocycles. The quantitative estimate of drug-likeness (QED) is 0.348. The zero-order valence-corrected chi connectivity index (χ0v) is 16.1. The normalized spacial score (nSPS) is 11.3. The average molecular weight is 417 g/mol. The Kier molecular flexibility index (Phi) is 4.99. The van der Waals surface area contributed by atoms with Crippen LogP contribution in [0.3, 0.4) is 0 Å². The van der Waals surface area contributed by atoms with Gasteiger partial charge in [-0.25, -0.2) is 5.43 Å². The summed E-state index contributed by atoms with van der Waals surface area (Å²) in [6.07, 6.45) is 1.97. The summed E-state index contributed by atoms with van der Waals surface area (Å²) in [4.78, 5) is 12.4. The van der Waals surface area contributed by atoms with Crippen LogP contribution in [0.15, 0.2) is 88.4 Å². The van der Waals surface area contributed by atoms with Gasteiger partial charge in [0.15, 0.2) is 0 Å². The molecular weight excluding hydrogens is 400 g/mol. The Morgan fingerprint density at radius 2 is 1.56 bits per heavy atom. The van der Waals surface area contributed by atoms with Crippen LogP contribution in [0.25, 0.3) is 21.5 Å². The fourth-order valence-corrected chi connectivity index (χ4v) is 3.71. The van der Waals surface area contributed by atoms with E-state index in [-0.39, 0.29) is 12.3 Å². The third kappa shape index (κ3) is 3.76. The molecule has 4 aromatic carbocycles. The van der Waals surface area contributed by atoms with E-state index in [1.807, 2.05) is 66.7 Å². The second kappa shape index (κ2) is 7.72. The lowest BCUT2D eigenvalue weighted by molar-refractivity contribution is -0.120. The molecule has 0 fully saturated rings. The van der Waals surface area contributed by atoms with Crippen molar-refractivity contribution in [3.8, 4) is 0 Å². The van der Waals surface area contributed by atoms with Crippen molar-refractivity contribution in [2.75, 3.05) is 0 Å². The molecule has 4 heteroatoms. The number of hydrogen-bond donors (Lipinski definition) is 1. The Hall–Kier alpha value is -2.98. The molecule has 0 bridgehead atoms. The summed E-state index contributed by atoms with van der Waals surface area (Å²) >= 11 is 3.56. The molecule has 0 aromatic heterocycles. The van der Waals surface area contributed by atoms with Gasteiger partial charge >= 0.3 is 0 Å². The lowest BCUT2D eigenvalue weighted by atomic mass is 10.0. The van der Waals surface area contributed by atoms with Crippen LogP contribution in [0.1, 0.15) is 11.1 Å². The number of carbonyl (C=O) groups is 1. The summed E-state index contributed by atoms with van der Waals surface area (Å²) < 4.78 is 1.02. The number of nitrogens with one attached hydrogen (secondary N) is 1. The second-order valence-electron chi connectivity index (χ2n) is 6.29. The van der Waals surface area contributed by atoms with Gasteiger partial charge in [-0.05, 0) is 33.2 Å².